The first-order valence-electron chi connectivity index (χ1n) is 6.88. The molecule has 0 aliphatic carbocycles. The highest BCUT2D eigenvalue weighted by Gasteiger charge is 2.11. The van der Waals surface area contributed by atoms with E-state index in [1.807, 2.05) is 18.2 Å². The highest BCUT2D eigenvalue weighted by atomic mass is 32.2. The van der Waals surface area contributed by atoms with Crippen LogP contribution in [0, 0.1) is 11.3 Å². The molecule has 1 aromatic rings. The molecule has 0 fully saturated rings. The largest absolute Gasteiger partial charge is 0.373 e. The van der Waals surface area contributed by atoms with Crippen molar-refractivity contribution in [3.63, 3.8) is 0 Å². The number of anilines is 1. The molecule has 0 aliphatic rings. The normalized spacial score (nSPS) is 11.4. The summed E-state index contributed by atoms with van der Waals surface area (Å²) < 4.78 is 22.4. The van der Waals surface area contributed by atoms with Gasteiger partial charge in [-0.2, -0.15) is 5.26 Å². The maximum Gasteiger partial charge on any atom is 0.149 e. The minimum absolute atomic E-state index is 0.0744. The predicted molar refractivity (Wildman–Crippen MR) is 86.1 cm³/mol. The topological polar surface area (TPSA) is 73.2 Å². The molecule has 0 spiro atoms. The van der Waals surface area contributed by atoms with Crippen molar-refractivity contribution in [3.8, 4) is 6.07 Å². The Morgan fingerprint density at radius 2 is 2.05 bits per heavy atom. The first kappa shape index (κ1) is 17.5. The smallest absolute Gasteiger partial charge is 0.149 e. The zero-order chi connectivity index (χ0) is 16.0. The van der Waals surface area contributed by atoms with Gasteiger partial charge in [-0.05, 0) is 17.7 Å². The fourth-order valence-electron chi connectivity index (χ4n) is 1.86. The number of rotatable bonds is 7. The van der Waals surface area contributed by atoms with Crippen LogP contribution in [-0.4, -0.2) is 40.1 Å². The Balaban J connectivity index is 2.86. The van der Waals surface area contributed by atoms with Gasteiger partial charge in [-0.15, -0.1) is 0 Å². The van der Waals surface area contributed by atoms with E-state index in [1.165, 1.54) is 6.26 Å². The molecule has 5 nitrogen and oxygen atoms in total. The van der Waals surface area contributed by atoms with Crippen LogP contribution >= 0.6 is 0 Å². The highest BCUT2D eigenvalue weighted by Crippen LogP contribution is 2.20. The summed E-state index contributed by atoms with van der Waals surface area (Å²) in [6, 6.07) is 8.25. The molecule has 0 aromatic heterocycles. The van der Waals surface area contributed by atoms with Crippen LogP contribution < -0.4 is 10.2 Å². The summed E-state index contributed by atoms with van der Waals surface area (Å²) in [4.78, 5) is 1.80. The molecule has 0 saturated carbocycles. The third-order valence-electron chi connectivity index (χ3n) is 3.10. The van der Waals surface area contributed by atoms with Crippen LogP contribution in [0.25, 0.3) is 0 Å². The van der Waals surface area contributed by atoms with Crippen LogP contribution in [0.5, 0.6) is 0 Å². The van der Waals surface area contributed by atoms with Gasteiger partial charge >= 0.3 is 0 Å². The van der Waals surface area contributed by atoms with Crippen molar-refractivity contribution in [2.75, 3.05) is 30.5 Å². The van der Waals surface area contributed by atoms with E-state index in [4.69, 9.17) is 0 Å². The average molecular weight is 309 g/mol. The molecular weight excluding hydrogens is 286 g/mol. The number of nitrogens with zero attached hydrogens (tertiary/aromatic N) is 2. The molecule has 1 aromatic carbocycles. The molecule has 0 heterocycles. The summed E-state index contributed by atoms with van der Waals surface area (Å²) >= 11 is 0. The van der Waals surface area contributed by atoms with Gasteiger partial charge in [0.05, 0.1) is 17.0 Å². The van der Waals surface area contributed by atoms with E-state index in [1.54, 1.807) is 11.9 Å². The summed E-state index contributed by atoms with van der Waals surface area (Å²) in [6.07, 6.45) is 1.22. The summed E-state index contributed by atoms with van der Waals surface area (Å²) in [5.74, 6) is 0.0744. The number of sulfone groups is 1. The van der Waals surface area contributed by atoms with Gasteiger partial charge in [-0.1, -0.05) is 19.9 Å². The molecule has 21 heavy (non-hydrogen) atoms. The fourth-order valence-corrected chi connectivity index (χ4v) is 2.47. The molecule has 0 amide bonds. The SMILES string of the molecule is CC(C)NCc1ccc(N(C)CCS(C)(=O)=O)c(C#N)c1. The first-order chi connectivity index (χ1) is 9.73. The number of nitriles is 1. The standard InChI is InChI=1S/C15H23N3O2S/c1-12(2)17-11-13-5-6-15(14(9-13)10-16)18(3)7-8-21(4,19)20/h5-6,9,12,17H,7-8,11H2,1-4H3. The number of hydrogen-bond donors (Lipinski definition) is 1. The first-order valence-corrected chi connectivity index (χ1v) is 8.94. The lowest BCUT2D eigenvalue weighted by molar-refractivity contribution is 0.589. The van der Waals surface area contributed by atoms with E-state index in [9.17, 15) is 13.7 Å². The summed E-state index contributed by atoms with van der Waals surface area (Å²) in [5.41, 5.74) is 2.36. The molecular formula is C15H23N3O2S. The molecule has 1 N–H and O–H groups in total. The monoisotopic (exact) mass is 309 g/mol. The van der Waals surface area contributed by atoms with E-state index in [0.29, 0.717) is 24.7 Å². The lowest BCUT2D eigenvalue weighted by Gasteiger charge is -2.20. The second-order valence-corrected chi connectivity index (χ2v) is 7.81. The van der Waals surface area contributed by atoms with Crippen LogP contribution in [0.15, 0.2) is 18.2 Å². The molecule has 116 valence electrons. The second kappa shape index (κ2) is 7.43. The van der Waals surface area contributed by atoms with Crippen molar-refractivity contribution in [2.24, 2.45) is 0 Å². The van der Waals surface area contributed by atoms with Gasteiger partial charge in [0.25, 0.3) is 0 Å². The van der Waals surface area contributed by atoms with Crippen molar-refractivity contribution in [2.45, 2.75) is 26.4 Å². The Hall–Kier alpha value is -1.58. The summed E-state index contributed by atoms with van der Waals surface area (Å²) in [7, 11) is -1.21. The van der Waals surface area contributed by atoms with E-state index in [2.05, 4.69) is 25.2 Å². The van der Waals surface area contributed by atoms with Crippen molar-refractivity contribution >= 4 is 15.5 Å². The molecule has 0 atom stereocenters. The van der Waals surface area contributed by atoms with E-state index >= 15 is 0 Å². The molecule has 0 radical (unpaired) electrons. The predicted octanol–water partition coefficient (Wildman–Crippen LogP) is 1.54. The summed E-state index contributed by atoms with van der Waals surface area (Å²) in [6.45, 7) is 5.22. The quantitative estimate of drug-likeness (QED) is 0.827. The van der Waals surface area contributed by atoms with Gasteiger partial charge in [0.2, 0.25) is 0 Å². The minimum atomic E-state index is -3.01. The third-order valence-corrected chi connectivity index (χ3v) is 4.03. The second-order valence-electron chi connectivity index (χ2n) is 5.55. The Kier molecular flexibility index (Phi) is 6.19. The Morgan fingerprint density at radius 1 is 1.38 bits per heavy atom. The van der Waals surface area contributed by atoms with Gasteiger partial charge in [-0.3, -0.25) is 0 Å². The van der Waals surface area contributed by atoms with Gasteiger partial charge < -0.3 is 10.2 Å². The van der Waals surface area contributed by atoms with Gasteiger partial charge in [0, 0.05) is 32.4 Å². The van der Waals surface area contributed by atoms with Crippen molar-refractivity contribution < 1.29 is 8.42 Å². The Bertz CT molecular complexity index is 618. The summed E-state index contributed by atoms with van der Waals surface area (Å²) in [5, 5.41) is 12.6. The number of benzene rings is 1. The van der Waals surface area contributed by atoms with Crippen molar-refractivity contribution in [3.05, 3.63) is 29.3 Å². The average Bonchev–Trinajstić information content (AvgIpc) is 2.41. The van der Waals surface area contributed by atoms with Gasteiger partial charge in [0.15, 0.2) is 0 Å². The van der Waals surface area contributed by atoms with E-state index in [-0.39, 0.29) is 5.75 Å². The molecule has 0 unspecified atom stereocenters. The lowest BCUT2D eigenvalue weighted by atomic mass is 10.1. The van der Waals surface area contributed by atoms with Crippen LogP contribution in [-0.2, 0) is 16.4 Å². The number of hydrogen-bond acceptors (Lipinski definition) is 5. The third kappa shape index (κ3) is 6.15. The zero-order valence-electron chi connectivity index (χ0n) is 13.0. The maximum absolute atomic E-state index is 11.2. The molecule has 1 rings (SSSR count). The van der Waals surface area contributed by atoms with Gasteiger partial charge in [0.1, 0.15) is 15.9 Å². The minimum Gasteiger partial charge on any atom is -0.373 e. The van der Waals surface area contributed by atoms with Crippen LogP contribution in [0.3, 0.4) is 0 Å². The molecule has 0 aliphatic heterocycles. The van der Waals surface area contributed by atoms with Crippen molar-refractivity contribution in [1.82, 2.24) is 5.32 Å². The van der Waals surface area contributed by atoms with Crippen LogP contribution in [0.4, 0.5) is 5.69 Å². The molecule has 6 heteroatoms. The Labute approximate surface area is 127 Å². The van der Waals surface area contributed by atoms with Crippen LogP contribution in [0.2, 0.25) is 0 Å². The number of nitrogens with one attached hydrogen (secondary N) is 1. The molecule has 0 saturated heterocycles. The highest BCUT2D eigenvalue weighted by molar-refractivity contribution is 7.90. The zero-order valence-corrected chi connectivity index (χ0v) is 13.9. The molecule has 0 bridgehead atoms. The lowest BCUT2D eigenvalue weighted by Crippen LogP contribution is -2.26. The van der Waals surface area contributed by atoms with Crippen LogP contribution in [0.1, 0.15) is 25.0 Å². The maximum atomic E-state index is 11.2. The van der Waals surface area contributed by atoms with Crippen molar-refractivity contribution in [1.29, 1.82) is 5.26 Å². The van der Waals surface area contributed by atoms with E-state index in [0.717, 1.165) is 11.3 Å². The Morgan fingerprint density at radius 3 is 2.57 bits per heavy atom. The van der Waals surface area contributed by atoms with E-state index < -0.39 is 9.84 Å². The van der Waals surface area contributed by atoms with Gasteiger partial charge in [-0.25, -0.2) is 8.42 Å². The fraction of sp³-hybridized carbons (Fsp3) is 0.533.